The smallest absolute Gasteiger partial charge is 0.237 e. The maximum Gasteiger partial charge on any atom is 0.237 e. The van der Waals surface area contributed by atoms with Crippen molar-refractivity contribution >= 4 is 18.3 Å². The van der Waals surface area contributed by atoms with Gasteiger partial charge in [-0.3, -0.25) is 4.79 Å². The van der Waals surface area contributed by atoms with E-state index in [1.165, 1.54) is 0 Å². The van der Waals surface area contributed by atoms with Gasteiger partial charge in [0.25, 0.3) is 0 Å². The molecule has 1 amide bonds. The molecule has 6 heteroatoms. The molecule has 1 fully saturated rings. The highest BCUT2D eigenvalue weighted by atomic mass is 35.5. The van der Waals surface area contributed by atoms with E-state index < -0.39 is 0 Å². The first-order chi connectivity index (χ1) is 10.3. The van der Waals surface area contributed by atoms with Crippen LogP contribution in [0.15, 0.2) is 42.6 Å². The van der Waals surface area contributed by atoms with Gasteiger partial charge in [-0.2, -0.15) is 5.10 Å². The van der Waals surface area contributed by atoms with Gasteiger partial charge < -0.3 is 10.6 Å². The Hall–Kier alpha value is -1.85. The number of benzene rings is 1. The molecule has 0 saturated carbocycles. The summed E-state index contributed by atoms with van der Waals surface area (Å²) in [6.07, 6.45) is 4.72. The second-order valence-electron chi connectivity index (χ2n) is 5.28. The SMILES string of the molecule is Cl.O=C(NCCc1ccn(-c2ccccc2)n1)C1CCCN1. The Labute approximate surface area is 136 Å². The van der Waals surface area contributed by atoms with Gasteiger partial charge in [0, 0.05) is 19.2 Å². The lowest BCUT2D eigenvalue weighted by atomic mass is 10.2. The van der Waals surface area contributed by atoms with Gasteiger partial charge in [-0.05, 0) is 37.6 Å². The molecule has 2 N–H and O–H groups in total. The van der Waals surface area contributed by atoms with Crippen LogP contribution in [0.5, 0.6) is 0 Å². The molecule has 0 radical (unpaired) electrons. The predicted octanol–water partition coefficient (Wildman–Crippen LogP) is 1.70. The minimum Gasteiger partial charge on any atom is -0.354 e. The highest BCUT2D eigenvalue weighted by Crippen LogP contribution is 2.07. The summed E-state index contributed by atoms with van der Waals surface area (Å²) in [6.45, 7) is 1.57. The summed E-state index contributed by atoms with van der Waals surface area (Å²) in [5, 5.41) is 10.7. The van der Waals surface area contributed by atoms with Crippen molar-refractivity contribution in [3.8, 4) is 5.69 Å². The zero-order valence-electron chi connectivity index (χ0n) is 12.4. The summed E-state index contributed by atoms with van der Waals surface area (Å²) in [6, 6.07) is 12.0. The van der Waals surface area contributed by atoms with E-state index in [1.807, 2.05) is 47.3 Å². The third-order valence-corrected chi connectivity index (χ3v) is 3.72. The van der Waals surface area contributed by atoms with Gasteiger partial charge >= 0.3 is 0 Å². The molecule has 1 unspecified atom stereocenters. The summed E-state index contributed by atoms with van der Waals surface area (Å²) < 4.78 is 1.86. The Morgan fingerprint density at radius 3 is 2.86 bits per heavy atom. The molecule has 0 aliphatic carbocycles. The molecule has 0 spiro atoms. The zero-order valence-corrected chi connectivity index (χ0v) is 13.2. The molecule has 0 bridgehead atoms. The van der Waals surface area contributed by atoms with Crippen LogP contribution in [-0.2, 0) is 11.2 Å². The molecule has 118 valence electrons. The molecule has 1 aliphatic heterocycles. The molecular formula is C16H21ClN4O. The molecule has 22 heavy (non-hydrogen) atoms. The molecule has 1 atom stereocenters. The van der Waals surface area contributed by atoms with E-state index >= 15 is 0 Å². The number of para-hydroxylation sites is 1. The van der Waals surface area contributed by atoms with Crippen molar-refractivity contribution in [3.63, 3.8) is 0 Å². The Morgan fingerprint density at radius 1 is 1.32 bits per heavy atom. The molecule has 1 saturated heterocycles. The summed E-state index contributed by atoms with van der Waals surface area (Å²) in [7, 11) is 0. The molecule has 1 aromatic heterocycles. The van der Waals surface area contributed by atoms with E-state index in [1.54, 1.807) is 0 Å². The first-order valence-corrected chi connectivity index (χ1v) is 7.44. The Bertz CT molecular complexity index is 593. The minimum absolute atomic E-state index is 0. The quantitative estimate of drug-likeness (QED) is 0.881. The number of carbonyl (C=O) groups excluding carboxylic acids is 1. The number of hydrogen-bond donors (Lipinski definition) is 2. The first kappa shape index (κ1) is 16.5. The van der Waals surface area contributed by atoms with E-state index in [0.717, 1.165) is 37.2 Å². The normalized spacial score (nSPS) is 17.0. The minimum atomic E-state index is -0.00752. The number of amides is 1. The Balaban J connectivity index is 0.00000176. The van der Waals surface area contributed by atoms with Gasteiger partial charge in [0.2, 0.25) is 5.91 Å². The molecule has 3 rings (SSSR count). The van der Waals surface area contributed by atoms with Crippen molar-refractivity contribution in [3.05, 3.63) is 48.3 Å². The number of halogens is 1. The van der Waals surface area contributed by atoms with Gasteiger partial charge in [-0.25, -0.2) is 4.68 Å². The highest BCUT2D eigenvalue weighted by molar-refractivity contribution is 5.85. The lowest BCUT2D eigenvalue weighted by Crippen LogP contribution is -2.41. The van der Waals surface area contributed by atoms with Crippen molar-refractivity contribution in [2.24, 2.45) is 0 Å². The fourth-order valence-corrected chi connectivity index (χ4v) is 2.56. The van der Waals surface area contributed by atoms with Gasteiger partial charge in [0.1, 0.15) is 0 Å². The molecular weight excluding hydrogens is 300 g/mol. The lowest BCUT2D eigenvalue weighted by Gasteiger charge is -2.10. The summed E-state index contributed by atoms with van der Waals surface area (Å²) in [5.41, 5.74) is 2.03. The predicted molar refractivity (Wildman–Crippen MR) is 88.6 cm³/mol. The largest absolute Gasteiger partial charge is 0.354 e. The van der Waals surface area contributed by atoms with Crippen molar-refractivity contribution in [1.82, 2.24) is 20.4 Å². The fraction of sp³-hybridized carbons (Fsp3) is 0.375. The third-order valence-electron chi connectivity index (χ3n) is 3.72. The lowest BCUT2D eigenvalue weighted by molar-refractivity contribution is -0.122. The topological polar surface area (TPSA) is 59.0 Å². The van der Waals surface area contributed by atoms with E-state index in [-0.39, 0.29) is 24.4 Å². The van der Waals surface area contributed by atoms with E-state index in [0.29, 0.717) is 6.54 Å². The number of nitrogens with one attached hydrogen (secondary N) is 2. The number of aromatic nitrogens is 2. The Kier molecular flexibility index (Phi) is 5.98. The molecule has 2 heterocycles. The second-order valence-corrected chi connectivity index (χ2v) is 5.28. The van der Waals surface area contributed by atoms with Crippen LogP contribution in [0.1, 0.15) is 18.5 Å². The maximum absolute atomic E-state index is 11.9. The van der Waals surface area contributed by atoms with E-state index in [2.05, 4.69) is 15.7 Å². The first-order valence-electron chi connectivity index (χ1n) is 7.44. The maximum atomic E-state index is 11.9. The van der Waals surface area contributed by atoms with Gasteiger partial charge in [0.05, 0.1) is 17.4 Å². The molecule has 1 aromatic carbocycles. The average Bonchev–Trinajstić information content (AvgIpc) is 3.20. The van der Waals surface area contributed by atoms with Crippen LogP contribution in [0.2, 0.25) is 0 Å². The number of carbonyl (C=O) groups is 1. The van der Waals surface area contributed by atoms with Crippen LogP contribution in [0.25, 0.3) is 5.69 Å². The highest BCUT2D eigenvalue weighted by Gasteiger charge is 2.21. The van der Waals surface area contributed by atoms with Crippen molar-refractivity contribution < 1.29 is 4.79 Å². The van der Waals surface area contributed by atoms with Crippen LogP contribution >= 0.6 is 12.4 Å². The summed E-state index contributed by atoms with van der Waals surface area (Å²) in [4.78, 5) is 11.9. The van der Waals surface area contributed by atoms with Gasteiger partial charge in [-0.1, -0.05) is 18.2 Å². The molecule has 2 aromatic rings. The van der Waals surface area contributed by atoms with Crippen molar-refractivity contribution in [2.75, 3.05) is 13.1 Å². The summed E-state index contributed by atoms with van der Waals surface area (Å²) >= 11 is 0. The van der Waals surface area contributed by atoms with Gasteiger partial charge in [-0.15, -0.1) is 12.4 Å². The standard InChI is InChI=1S/C16H20N4O.ClH/c21-16(15-7-4-10-17-15)18-11-8-13-9-12-20(19-13)14-5-2-1-3-6-14;/h1-3,5-6,9,12,15,17H,4,7-8,10-11H2,(H,18,21);1H. The fourth-order valence-electron chi connectivity index (χ4n) is 2.56. The monoisotopic (exact) mass is 320 g/mol. The summed E-state index contributed by atoms with van der Waals surface area (Å²) in [5.74, 6) is 0.106. The molecule has 5 nitrogen and oxygen atoms in total. The van der Waals surface area contributed by atoms with E-state index in [9.17, 15) is 4.79 Å². The number of hydrogen-bond acceptors (Lipinski definition) is 3. The third kappa shape index (κ3) is 4.08. The van der Waals surface area contributed by atoms with E-state index in [4.69, 9.17) is 0 Å². The second kappa shape index (κ2) is 7.96. The van der Waals surface area contributed by atoms with Crippen LogP contribution in [0.3, 0.4) is 0 Å². The zero-order chi connectivity index (χ0) is 14.5. The Morgan fingerprint density at radius 2 is 2.14 bits per heavy atom. The number of rotatable bonds is 5. The van der Waals surface area contributed by atoms with Crippen LogP contribution in [0, 0.1) is 0 Å². The van der Waals surface area contributed by atoms with Crippen LogP contribution in [0.4, 0.5) is 0 Å². The average molecular weight is 321 g/mol. The van der Waals surface area contributed by atoms with Crippen molar-refractivity contribution in [2.45, 2.75) is 25.3 Å². The van der Waals surface area contributed by atoms with Crippen LogP contribution < -0.4 is 10.6 Å². The van der Waals surface area contributed by atoms with Gasteiger partial charge in [0.15, 0.2) is 0 Å². The van der Waals surface area contributed by atoms with Crippen molar-refractivity contribution in [1.29, 1.82) is 0 Å². The molecule has 1 aliphatic rings. The van der Waals surface area contributed by atoms with Crippen LogP contribution in [-0.4, -0.2) is 34.8 Å². The number of nitrogens with zero attached hydrogens (tertiary/aromatic N) is 2.